The van der Waals surface area contributed by atoms with Gasteiger partial charge in [0.05, 0.1) is 27.5 Å². The first-order valence-corrected chi connectivity index (χ1v) is 10.7. The van der Waals surface area contributed by atoms with Crippen LogP contribution in [0, 0.1) is 0 Å². The van der Waals surface area contributed by atoms with Gasteiger partial charge in [0.25, 0.3) is 5.91 Å². The van der Waals surface area contributed by atoms with Crippen molar-refractivity contribution in [3.8, 4) is 5.69 Å². The van der Waals surface area contributed by atoms with Crippen molar-refractivity contribution >= 4 is 41.9 Å². The summed E-state index contributed by atoms with van der Waals surface area (Å²) in [5.74, 6) is -1.53. The van der Waals surface area contributed by atoms with Gasteiger partial charge < -0.3 is 19.7 Å². The number of aromatic carboxylic acids is 1. The third kappa shape index (κ3) is 4.39. The Kier molecular flexibility index (Phi) is 5.82. The molecule has 33 heavy (non-hydrogen) atoms. The van der Waals surface area contributed by atoms with Crippen LogP contribution in [0.5, 0.6) is 0 Å². The fraction of sp³-hybridized carbons (Fsp3) is 0.261. The summed E-state index contributed by atoms with van der Waals surface area (Å²) in [6, 6.07) is 15.2. The minimum absolute atomic E-state index is 0.195. The highest BCUT2D eigenvalue weighted by molar-refractivity contribution is 6.62. The van der Waals surface area contributed by atoms with Gasteiger partial charge in [-0.15, -0.1) is 0 Å². The molecule has 10 heteroatoms. The number of para-hydroxylation sites is 1. The fourth-order valence-corrected chi connectivity index (χ4v) is 3.57. The van der Waals surface area contributed by atoms with Gasteiger partial charge >= 0.3 is 13.1 Å². The molecule has 0 radical (unpaired) electrons. The van der Waals surface area contributed by atoms with Gasteiger partial charge in [-0.05, 0) is 57.4 Å². The van der Waals surface area contributed by atoms with E-state index in [1.165, 1.54) is 10.7 Å². The Morgan fingerprint density at radius 1 is 1.03 bits per heavy atom. The second kappa shape index (κ2) is 8.33. The molecule has 1 amide bonds. The number of carbonyl (C=O) groups is 2. The van der Waals surface area contributed by atoms with Gasteiger partial charge in [-0.2, -0.15) is 5.10 Å². The van der Waals surface area contributed by atoms with Crippen LogP contribution in [0.3, 0.4) is 0 Å². The first-order chi connectivity index (χ1) is 15.5. The van der Waals surface area contributed by atoms with E-state index in [1.54, 1.807) is 42.5 Å². The molecule has 1 fully saturated rings. The Morgan fingerprint density at radius 2 is 1.67 bits per heavy atom. The largest absolute Gasteiger partial charge is 0.494 e. The van der Waals surface area contributed by atoms with Crippen molar-refractivity contribution in [1.29, 1.82) is 0 Å². The van der Waals surface area contributed by atoms with Crippen molar-refractivity contribution in [3.05, 3.63) is 70.9 Å². The number of hydrogen-bond donors (Lipinski definition) is 2. The van der Waals surface area contributed by atoms with E-state index in [9.17, 15) is 14.7 Å². The van der Waals surface area contributed by atoms with E-state index in [2.05, 4.69) is 10.4 Å². The molecule has 2 N–H and O–H groups in total. The third-order valence-electron chi connectivity index (χ3n) is 5.93. The lowest BCUT2D eigenvalue weighted by Crippen LogP contribution is -2.41. The smallest absolute Gasteiger partial charge is 0.476 e. The molecular formula is C23H23BClN3O5. The highest BCUT2D eigenvalue weighted by Crippen LogP contribution is 2.36. The molecule has 170 valence electrons. The molecule has 3 aromatic rings. The van der Waals surface area contributed by atoms with Crippen molar-refractivity contribution in [2.75, 3.05) is 5.32 Å². The maximum Gasteiger partial charge on any atom is 0.494 e. The van der Waals surface area contributed by atoms with Gasteiger partial charge in [0, 0.05) is 6.07 Å². The lowest BCUT2D eigenvalue weighted by molar-refractivity contribution is 0.00578. The number of anilines is 1. The number of aromatic nitrogens is 2. The zero-order valence-corrected chi connectivity index (χ0v) is 19.4. The molecule has 8 nitrogen and oxygen atoms in total. The number of nitrogens with one attached hydrogen (secondary N) is 1. The monoisotopic (exact) mass is 467 g/mol. The lowest BCUT2D eigenvalue weighted by Gasteiger charge is -2.32. The first-order valence-electron chi connectivity index (χ1n) is 10.3. The number of halogens is 1. The Morgan fingerprint density at radius 3 is 2.27 bits per heavy atom. The summed E-state index contributed by atoms with van der Waals surface area (Å²) in [6.07, 6.45) is 0. The minimum atomic E-state index is -1.21. The van der Waals surface area contributed by atoms with Gasteiger partial charge in [0.2, 0.25) is 0 Å². The third-order valence-corrected chi connectivity index (χ3v) is 6.26. The number of amides is 1. The Hall–Kier alpha value is -3.14. The van der Waals surface area contributed by atoms with Crippen LogP contribution in [-0.2, 0) is 9.31 Å². The minimum Gasteiger partial charge on any atom is -0.476 e. The molecule has 0 bridgehead atoms. The van der Waals surface area contributed by atoms with Crippen molar-refractivity contribution in [2.45, 2.75) is 38.9 Å². The summed E-state index contributed by atoms with van der Waals surface area (Å²) >= 11 is 6.33. The highest BCUT2D eigenvalue weighted by Gasteiger charge is 2.51. The zero-order valence-electron chi connectivity index (χ0n) is 18.6. The van der Waals surface area contributed by atoms with E-state index in [1.807, 2.05) is 33.8 Å². The van der Waals surface area contributed by atoms with Crippen LogP contribution in [0.4, 0.5) is 5.82 Å². The van der Waals surface area contributed by atoms with E-state index in [4.69, 9.17) is 20.9 Å². The average molecular weight is 468 g/mol. The van der Waals surface area contributed by atoms with E-state index in [-0.39, 0.29) is 22.1 Å². The fourth-order valence-electron chi connectivity index (χ4n) is 3.37. The van der Waals surface area contributed by atoms with Gasteiger partial charge in [-0.1, -0.05) is 35.9 Å². The summed E-state index contributed by atoms with van der Waals surface area (Å²) in [5, 5.41) is 16.4. The van der Waals surface area contributed by atoms with Crippen molar-refractivity contribution in [2.24, 2.45) is 0 Å². The van der Waals surface area contributed by atoms with Crippen LogP contribution >= 0.6 is 11.6 Å². The number of hydrogen-bond acceptors (Lipinski definition) is 5. The van der Waals surface area contributed by atoms with E-state index in [0.29, 0.717) is 11.2 Å². The molecule has 4 rings (SSSR count). The van der Waals surface area contributed by atoms with Crippen LogP contribution in [0.25, 0.3) is 5.69 Å². The molecular weight excluding hydrogens is 445 g/mol. The number of carboxylic acid groups (broad SMARTS) is 1. The molecule has 1 aliphatic rings. The summed E-state index contributed by atoms with van der Waals surface area (Å²) in [6.45, 7) is 7.78. The van der Waals surface area contributed by atoms with Gasteiger partial charge in [0.1, 0.15) is 5.82 Å². The van der Waals surface area contributed by atoms with Gasteiger partial charge in [0.15, 0.2) is 5.69 Å². The predicted molar refractivity (Wildman–Crippen MR) is 126 cm³/mol. The Labute approximate surface area is 196 Å². The number of benzene rings is 2. The highest BCUT2D eigenvalue weighted by atomic mass is 35.5. The SMILES string of the molecule is CC1(C)OB(c2ccc(Cl)c(C(=O)Nc3cc(C(=O)O)nn3-c3ccccc3)c2)OC1(C)C. The first kappa shape index (κ1) is 23.0. The summed E-state index contributed by atoms with van der Waals surface area (Å²) in [4.78, 5) is 24.6. The second-order valence-electron chi connectivity index (χ2n) is 8.75. The molecule has 1 aromatic heterocycles. The van der Waals surface area contributed by atoms with Crippen molar-refractivity contribution in [1.82, 2.24) is 9.78 Å². The predicted octanol–water partition coefficient (Wildman–Crippen LogP) is 3.78. The standard InChI is InChI=1S/C23H23BClN3O5/c1-22(2)23(3,4)33-24(32-22)14-10-11-17(25)16(12-14)20(29)26-19-13-18(21(30)31)27-28(19)15-8-6-5-7-9-15/h5-13H,1-4H3,(H,26,29)(H,30,31). The van der Waals surface area contributed by atoms with Crippen LogP contribution in [-0.4, -0.2) is 45.1 Å². The zero-order chi connectivity index (χ0) is 24.0. The molecule has 0 unspecified atom stereocenters. The molecule has 2 heterocycles. The summed E-state index contributed by atoms with van der Waals surface area (Å²) in [5.41, 5.74) is 0.167. The van der Waals surface area contributed by atoms with Crippen LogP contribution in [0.15, 0.2) is 54.6 Å². The van der Waals surface area contributed by atoms with Crippen molar-refractivity contribution < 1.29 is 24.0 Å². The van der Waals surface area contributed by atoms with Crippen LogP contribution in [0.2, 0.25) is 5.02 Å². The molecule has 1 saturated heterocycles. The van der Waals surface area contributed by atoms with Crippen LogP contribution < -0.4 is 10.8 Å². The Bertz CT molecular complexity index is 1210. The molecule has 0 aliphatic carbocycles. The molecule has 0 atom stereocenters. The number of rotatable bonds is 5. The molecule has 0 spiro atoms. The van der Waals surface area contributed by atoms with Gasteiger partial charge in [-0.25, -0.2) is 9.48 Å². The average Bonchev–Trinajstić information content (AvgIpc) is 3.26. The maximum absolute atomic E-state index is 13.2. The maximum atomic E-state index is 13.2. The number of nitrogens with zero attached hydrogens (tertiary/aromatic N) is 2. The van der Waals surface area contributed by atoms with E-state index < -0.39 is 30.2 Å². The summed E-state index contributed by atoms with van der Waals surface area (Å²) < 4.78 is 13.5. The number of carbonyl (C=O) groups excluding carboxylic acids is 1. The van der Waals surface area contributed by atoms with Crippen LogP contribution in [0.1, 0.15) is 48.5 Å². The Balaban J connectivity index is 1.65. The lowest BCUT2D eigenvalue weighted by atomic mass is 9.78. The number of carboxylic acids is 1. The van der Waals surface area contributed by atoms with E-state index >= 15 is 0 Å². The quantitative estimate of drug-likeness (QED) is 0.554. The molecule has 2 aromatic carbocycles. The molecule has 0 saturated carbocycles. The summed E-state index contributed by atoms with van der Waals surface area (Å²) in [7, 11) is -0.660. The van der Waals surface area contributed by atoms with Gasteiger partial charge in [-0.3, -0.25) is 4.79 Å². The van der Waals surface area contributed by atoms with E-state index in [0.717, 1.165) is 0 Å². The normalized spacial score (nSPS) is 16.6. The topological polar surface area (TPSA) is 103 Å². The molecule has 1 aliphatic heterocycles. The second-order valence-corrected chi connectivity index (χ2v) is 9.16. The van der Waals surface area contributed by atoms with Crippen molar-refractivity contribution in [3.63, 3.8) is 0 Å².